The van der Waals surface area contributed by atoms with Gasteiger partial charge in [-0.15, -0.1) is 0 Å². The van der Waals surface area contributed by atoms with Crippen LogP contribution in [0.3, 0.4) is 0 Å². The van der Waals surface area contributed by atoms with Crippen molar-refractivity contribution in [3.8, 4) is 16.9 Å². The van der Waals surface area contributed by atoms with E-state index in [1.807, 2.05) is 24.3 Å². The number of nitrogens with zero attached hydrogens (tertiary/aromatic N) is 2. The predicted molar refractivity (Wildman–Crippen MR) is 149 cm³/mol. The van der Waals surface area contributed by atoms with Crippen molar-refractivity contribution in [2.45, 2.75) is 16.2 Å². The van der Waals surface area contributed by atoms with Crippen LogP contribution in [0.15, 0.2) is 88.8 Å². The van der Waals surface area contributed by atoms with Gasteiger partial charge in [0.2, 0.25) is 5.95 Å². The SMILES string of the molecule is COc1ccc(-c2cnc3nc2NCCCNS(=O)c2cc(cc(NS(=O)(=O)c4ccccc4)c2)N3)cc1. The van der Waals surface area contributed by atoms with Crippen molar-refractivity contribution in [2.75, 3.05) is 35.6 Å². The van der Waals surface area contributed by atoms with Gasteiger partial charge in [-0.05, 0) is 54.4 Å². The molecule has 4 aromatic rings. The maximum absolute atomic E-state index is 13.0. The van der Waals surface area contributed by atoms with Crippen LogP contribution in [0, 0.1) is 0 Å². The summed E-state index contributed by atoms with van der Waals surface area (Å²) in [6.45, 7) is 1.06. The molecule has 0 amide bonds. The number of hydrogen-bond donors (Lipinski definition) is 4. The zero-order valence-electron chi connectivity index (χ0n) is 20.5. The van der Waals surface area contributed by atoms with E-state index in [4.69, 9.17) is 4.74 Å². The number of methoxy groups -OCH3 is 1. The summed E-state index contributed by atoms with van der Waals surface area (Å²) in [5.74, 6) is 1.68. The molecule has 0 spiro atoms. The molecule has 12 heteroatoms. The molecule has 2 heterocycles. The maximum Gasteiger partial charge on any atom is 0.261 e. The smallest absolute Gasteiger partial charge is 0.261 e. The lowest BCUT2D eigenvalue weighted by molar-refractivity contribution is 0.415. The fraction of sp³-hybridized carbons (Fsp3) is 0.154. The molecule has 1 aromatic heterocycles. The Morgan fingerprint density at radius 1 is 1.00 bits per heavy atom. The van der Waals surface area contributed by atoms with Crippen molar-refractivity contribution in [2.24, 2.45) is 0 Å². The van der Waals surface area contributed by atoms with E-state index in [2.05, 4.69) is 30.0 Å². The van der Waals surface area contributed by atoms with Gasteiger partial charge < -0.3 is 15.4 Å². The molecule has 5 rings (SSSR count). The van der Waals surface area contributed by atoms with Crippen molar-refractivity contribution in [1.82, 2.24) is 14.7 Å². The fourth-order valence-corrected chi connectivity index (χ4v) is 5.91. The minimum absolute atomic E-state index is 0.123. The number of hydrogen-bond acceptors (Lipinski definition) is 8. The normalized spacial score (nSPS) is 15.6. The Hall–Kier alpha value is -4.00. The van der Waals surface area contributed by atoms with E-state index in [0.29, 0.717) is 41.9 Å². The van der Waals surface area contributed by atoms with Gasteiger partial charge in [0.15, 0.2) is 0 Å². The summed E-state index contributed by atoms with van der Waals surface area (Å²) in [5.41, 5.74) is 2.47. The average molecular weight is 551 g/mol. The Morgan fingerprint density at radius 2 is 1.79 bits per heavy atom. The summed E-state index contributed by atoms with van der Waals surface area (Å²) in [4.78, 5) is 9.69. The monoisotopic (exact) mass is 550 g/mol. The summed E-state index contributed by atoms with van der Waals surface area (Å²) >= 11 is 0. The molecular weight excluding hydrogens is 524 g/mol. The standard InChI is InChI=1S/C26H26N6O4S2/c1-36-21-10-8-18(9-11-21)24-17-28-26-30-19-14-20(32-38(34,35)23-6-3-2-4-7-23)16-22(15-19)37(33)29-13-5-12-27-25(24)31-26/h2-4,6-11,14-17,29,32H,5,12-13H2,1H3,(H2,27,28,30,31). The number of rotatable bonds is 5. The molecule has 0 fully saturated rings. The molecule has 0 radical (unpaired) electrons. The number of benzene rings is 3. The molecule has 196 valence electrons. The third-order valence-electron chi connectivity index (χ3n) is 5.75. The van der Waals surface area contributed by atoms with Gasteiger partial charge in [-0.2, -0.15) is 4.98 Å². The predicted octanol–water partition coefficient (Wildman–Crippen LogP) is 4.12. The molecule has 1 aliphatic rings. The molecule has 3 aromatic carbocycles. The molecule has 1 aliphatic heterocycles. The number of fused-ring (bicyclic) bond motifs is 4. The largest absolute Gasteiger partial charge is 0.497 e. The highest BCUT2D eigenvalue weighted by molar-refractivity contribution is 7.92. The highest BCUT2D eigenvalue weighted by Crippen LogP contribution is 2.30. The summed E-state index contributed by atoms with van der Waals surface area (Å²) in [6, 6.07) is 20.5. The maximum atomic E-state index is 13.0. The highest BCUT2D eigenvalue weighted by Gasteiger charge is 2.17. The topological polar surface area (TPSA) is 134 Å². The van der Waals surface area contributed by atoms with Crippen molar-refractivity contribution < 1.29 is 17.4 Å². The lowest BCUT2D eigenvalue weighted by Gasteiger charge is -2.14. The molecule has 4 bridgehead atoms. The molecule has 1 unspecified atom stereocenters. The van der Waals surface area contributed by atoms with Crippen LogP contribution in [-0.2, 0) is 21.0 Å². The number of ether oxygens (including phenoxy) is 1. The average Bonchev–Trinajstić information content (AvgIpc) is 2.93. The van der Waals surface area contributed by atoms with Gasteiger partial charge in [-0.25, -0.2) is 22.3 Å². The highest BCUT2D eigenvalue weighted by atomic mass is 32.2. The van der Waals surface area contributed by atoms with Gasteiger partial charge in [0.05, 0.1) is 22.6 Å². The molecule has 0 aliphatic carbocycles. The second-order valence-electron chi connectivity index (χ2n) is 8.42. The van der Waals surface area contributed by atoms with Crippen molar-refractivity contribution in [3.63, 3.8) is 0 Å². The van der Waals surface area contributed by atoms with E-state index >= 15 is 0 Å². The lowest BCUT2D eigenvalue weighted by atomic mass is 10.1. The van der Waals surface area contributed by atoms with E-state index in [0.717, 1.165) is 16.9 Å². The Morgan fingerprint density at radius 3 is 2.55 bits per heavy atom. The van der Waals surface area contributed by atoms with E-state index in [1.54, 1.807) is 49.7 Å². The molecule has 1 atom stereocenters. The van der Waals surface area contributed by atoms with Gasteiger partial charge >= 0.3 is 0 Å². The third kappa shape index (κ3) is 5.93. The lowest BCUT2D eigenvalue weighted by Crippen LogP contribution is -2.21. The van der Waals surface area contributed by atoms with Crippen molar-refractivity contribution >= 4 is 44.1 Å². The van der Waals surface area contributed by atoms with Gasteiger partial charge in [-0.1, -0.05) is 30.3 Å². The van der Waals surface area contributed by atoms with Crippen LogP contribution < -0.4 is 24.8 Å². The van der Waals surface area contributed by atoms with Crippen LogP contribution in [0.2, 0.25) is 0 Å². The van der Waals surface area contributed by atoms with Crippen LogP contribution in [0.5, 0.6) is 5.75 Å². The van der Waals surface area contributed by atoms with Crippen LogP contribution in [0.25, 0.3) is 11.1 Å². The van der Waals surface area contributed by atoms with Crippen LogP contribution in [0.1, 0.15) is 6.42 Å². The zero-order chi connectivity index (χ0) is 26.5. The summed E-state index contributed by atoms with van der Waals surface area (Å²) in [7, 11) is -3.79. The Bertz CT molecular complexity index is 1560. The summed E-state index contributed by atoms with van der Waals surface area (Å²) < 4.78 is 49.7. The molecule has 4 N–H and O–H groups in total. The van der Waals surface area contributed by atoms with E-state index in [-0.39, 0.29) is 10.6 Å². The van der Waals surface area contributed by atoms with Crippen LogP contribution in [-0.4, -0.2) is 42.8 Å². The summed E-state index contributed by atoms with van der Waals surface area (Å²) in [6.07, 6.45) is 2.39. The first-order valence-electron chi connectivity index (χ1n) is 11.8. The van der Waals surface area contributed by atoms with Gasteiger partial charge in [0.1, 0.15) is 22.6 Å². The van der Waals surface area contributed by atoms with Crippen LogP contribution in [0.4, 0.5) is 23.1 Å². The van der Waals surface area contributed by atoms with Gasteiger partial charge in [-0.3, -0.25) is 4.72 Å². The number of nitrogens with one attached hydrogen (secondary N) is 4. The number of aromatic nitrogens is 2. The Kier molecular flexibility index (Phi) is 7.54. The quantitative estimate of drug-likeness (QED) is 0.292. The second-order valence-corrected chi connectivity index (χ2v) is 11.4. The number of anilines is 4. The van der Waals surface area contributed by atoms with E-state index in [1.165, 1.54) is 12.1 Å². The van der Waals surface area contributed by atoms with Gasteiger partial charge in [0, 0.05) is 30.5 Å². The van der Waals surface area contributed by atoms with E-state index < -0.39 is 21.0 Å². The minimum atomic E-state index is -3.85. The first kappa shape index (κ1) is 25.6. The fourth-order valence-electron chi connectivity index (χ4n) is 3.88. The Balaban J connectivity index is 1.50. The van der Waals surface area contributed by atoms with Crippen LogP contribution >= 0.6 is 0 Å². The first-order chi connectivity index (χ1) is 18.4. The number of sulfonamides is 1. The first-order valence-corrected chi connectivity index (χ1v) is 14.5. The van der Waals surface area contributed by atoms with Gasteiger partial charge in [0.25, 0.3) is 10.0 Å². The molecule has 0 saturated heterocycles. The third-order valence-corrected chi connectivity index (χ3v) is 8.28. The van der Waals surface area contributed by atoms with Crippen molar-refractivity contribution in [1.29, 1.82) is 0 Å². The summed E-state index contributed by atoms with van der Waals surface area (Å²) in [5, 5.41) is 6.47. The zero-order valence-corrected chi connectivity index (χ0v) is 22.1. The molecule has 0 saturated carbocycles. The molecule has 10 nitrogen and oxygen atoms in total. The molecular formula is C26H26N6O4S2. The molecule has 38 heavy (non-hydrogen) atoms. The Labute approximate surface area is 223 Å². The minimum Gasteiger partial charge on any atom is -0.497 e. The van der Waals surface area contributed by atoms with Crippen molar-refractivity contribution in [3.05, 3.63) is 79.0 Å². The van der Waals surface area contributed by atoms with E-state index in [9.17, 15) is 12.6 Å². The second kappa shape index (κ2) is 11.2.